The van der Waals surface area contributed by atoms with E-state index < -0.39 is 0 Å². The van der Waals surface area contributed by atoms with Crippen LogP contribution in [-0.2, 0) is 9.47 Å². The minimum absolute atomic E-state index is 0.580. The molecule has 1 saturated heterocycles. The van der Waals surface area contributed by atoms with E-state index in [2.05, 4.69) is 31.2 Å². The Bertz CT molecular complexity index is 617. The first-order chi connectivity index (χ1) is 10.8. The van der Waals surface area contributed by atoms with E-state index in [0.717, 1.165) is 67.0 Å². The number of nitrogens with one attached hydrogen (secondary N) is 1. The quantitative estimate of drug-likeness (QED) is 0.763. The second kappa shape index (κ2) is 7.85. The van der Waals surface area contributed by atoms with Crippen molar-refractivity contribution in [1.29, 1.82) is 0 Å². The molecule has 1 aromatic carbocycles. The molecule has 22 heavy (non-hydrogen) atoms. The first-order valence-corrected chi connectivity index (χ1v) is 8.42. The Hall–Kier alpha value is -1.24. The van der Waals surface area contributed by atoms with Crippen molar-refractivity contribution in [3.8, 4) is 0 Å². The lowest BCUT2D eigenvalue weighted by Gasteiger charge is -2.10. The molecule has 0 spiro atoms. The van der Waals surface area contributed by atoms with Crippen LogP contribution in [0.25, 0.3) is 10.9 Å². The molecule has 0 amide bonds. The molecule has 0 aliphatic carbocycles. The number of benzene rings is 1. The van der Waals surface area contributed by atoms with E-state index in [9.17, 15) is 0 Å². The molecule has 1 aliphatic rings. The van der Waals surface area contributed by atoms with E-state index in [-0.39, 0.29) is 0 Å². The molecular formula is C16H20BrN3O2. The third-order valence-corrected chi connectivity index (χ3v) is 4.23. The summed E-state index contributed by atoms with van der Waals surface area (Å²) in [6.45, 7) is 4.13. The zero-order chi connectivity index (χ0) is 15.2. The number of halogens is 1. The predicted octanol–water partition coefficient (Wildman–Crippen LogP) is 3.25. The Labute approximate surface area is 138 Å². The van der Waals surface area contributed by atoms with Crippen LogP contribution in [0, 0.1) is 5.92 Å². The summed E-state index contributed by atoms with van der Waals surface area (Å²) in [5.74, 6) is 1.45. The van der Waals surface area contributed by atoms with Crippen molar-refractivity contribution < 1.29 is 9.47 Å². The van der Waals surface area contributed by atoms with Crippen LogP contribution >= 0.6 is 15.9 Å². The maximum atomic E-state index is 5.70. The van der Waals surface area contributed by atoms with Gasteiger partial charge in [-0.05, 0) is 31.0 Å². The smallest absolute Gasteiger partial charge is 0.137 e. The highest BCUT2D eigenvalue weighted by Crippen LogP contribution is 2.23. The van der Waals surface area contributed by atoms with Gasteiger partial charge in [-0.15, -0.1) is 0 Å². The van der Waals surface area contributed by atoms with E-state index in [4.69, 9.17) is 9.47 Å². The molecule has 1 aromatic heterocycles. The summed E-state index contributed by atoms with van der Waals surface area (Å²) >= 11 is 3.49. The number of hydrogen-bond acceptors (Lipinski definition) is 5. The Kier molecular flexibility index (Phi) is 5.58. The first kappa shape index (κ1) is 15.6. The summed E-state index contributed by atoms with van der Waals surface area (Å²) in [7, 11) is 0. The van der Waals surface area contributed by atoms with Gasteiger partial charge in [0.1, 0.15) is 12.1 Å². The molecular weight excluding hydrogens is 346 g/mol. The van der Waals surface area contributed by atoms with Crippen molar-refractivity contribution in [1.82, 2.24) is 9.97 Å². The summed E-state index contributed by atoms with van der Waals surface area (Å²) in [5, 5.41) is 4.40. The number of ether oxygens (including phenoxy) is 2. The van der Waals surface area contributed by atoms with Gasteiger partial charge < -0.3 is 14.8 Å². The monoisotopic (exact) mass is 365 g/mol. The Morgan fingerprint density at radius 1 is 1.36 bits per heavy atom. The Balaban J connectivity index is 1.44. The van der Waals surface area contributed by atoms with Crippen molar-refractivity contribution in [2.75, 3.05) is 38.3 Å². The molecule has 3 rings (SSSR count). The van der Waals surface area contributed by atoms with Crippen molar-refractivity contribution in [3.05, 3.63) is 29.0 Å². The SMILES string of the molecule is Brc1ccc2ncnc(NCCCOCC3CCOC3)c2c1. The standard InChI is InChI=1S/C16H20BrN3O2/c17-13-2-3-15-14(8-13)16(20-11-19-15)18-5-1-6-21-9-12-4-7-22-10-12/h2-3,8,11-12H,1,4-7,9-10H2,(H,18,19,20). The van der Waals surface area contributed by atoms with Gasteiger partial charge >= 0.3 is 0 Å². The number of anilines is 1. The highest BCUT2D eigenvalue weighted by molar-refractivity contribution is 9.10. The summed E-state index contributed by atoms with van der Waals surface area (Å²) in [6, 6.07) is 6.01. The molecule has 0 saturated carbocycles. The lowest BCUT2D eigenvalue weighted by Crippen LogP contribution is -2.12. The van der Waals surface area contributed by atoms with Crippen molar-refractivity contribution in [3.63, 3.8) is 0 Å². The van der Waals surface area contributed by atoms with Crippen molar-refractivity contribution in [2.24, 2.45) is 5.92 Å². The summed E-state index contributed by atoms with van der Waals surface area (Å²) in [5.41, 5.74) is 0.943. The third-order valence-electron chi connectivity index (χ3n) is 3.73. The second-order valence-corrected chi connectivity index (χ2v) is 6.38. The fraction of sp³-hybridized carbons (Fsp3) is 0.500. The largest absolute Gasteiger partial charge is 0.381 e. The van der Waals surface area contributed by atoms with Crippen LogP contribution in [0.4, 0.5) is 5.82 Å². The van der Waals surface area contributed by atoms with Crippen LogP contribution < -0.4 is 5.32 Å². The van der Waals surface area contributed by atoms with Crippen LogP contribution in [-0.4, -0.2) is 42.9 Å². The molecule has 1 aliphatic heterocycles. The molecule has 0 radical (unpaired) electrons. The van der Waals surface area contributed by atoms with E-state index in [1.165, 1.54) is 0 Å². The van der Waals surface area contributed by atoms with E-state index in [1.54, 1.807) is 6.33 Å². The molecule has 118 valence electrons. The zero-order valence-corrected chi connectivity index (χ0v) is 14.0. The molecule has 1 atom stereocenters. The third kappa shape index (κ3) is 4.15. The first-order valence-electron chi connectivity index (χ1n) is 7.62. The van der Waals surface area contributed by atoms with E-state index >= 15 is 0 Å². The van der Waals surface area contributed by atoms with Gasteiger partial charge in [0.2, 0.25) is 0 Å². The van der Waals surface area contributed by atoms with Gasteiger partial charge in [-0.1, -0.05) is 15.9 Å². The maximum Gasteiger partial charge on any atom is 0.137 e. The average Bonchev–Trinajstić information content (AvgIpc) is 3.04. The fourth-order valence-corrected chi connectivity index (χ4v) is 2.88. The summed E-state index contributed by atoms with van der Waals surface area (Å²) in [6.07, 6.45) is 3.67. The van der Waals surface area contributed by atoms with Crippen LogP contribution in [0.3, 0.4) is 0 Å². The van der Waals surface area contributed by atoms with Crippen LogP contribution in [0.15, 0.2) is 29.0 Å². The maximum absolute atomic E-state index is 5.70. The summed E-state index contributed by atoms with van der Waals surface area (Å²) < 4.78 is 12.1. The number of nitrogens with zero attached hydrogens (tertiary/aromatic N) is 2. The zero-order valence-electron chi connectivity index (χ0n) is 12.4. The van der Waals surface area contributed by atoms with Gasteiger partial charge in [0.15, 0.2) is 0 Å². The topological polar surface area (TPSA) is 56.3 Å². The predicted molar refractivity (Wildman–Crippen MR) is 90.1 cm³/mol. The molecule has 2 heterocycles. The van der Waals surface area contributed by atoms with Gasteiger partial charge in [-0.25, -0.2) is 9.97 Å². The van der Waals surface area contributed by atoms with Gasteiger partial charge in [0, 0.05) is 35.5 Å². The number of fused-ring (bicyclic) bond motifs is 1. The molecule has 0 bridgehead atoms. The minimum atomic E-state index is 0.580. The van der Waals surface area contributed by atoms with Gasteiger partial charge in [0.05, 0.1) is 18.7 Å². The second-order valence-electron chi connectivity index (χ2n) is 5.47. The van der Waals surface area contributed by atoms with Crippen LogP contribution in [0.5, 0.6) is 0 Å². The molecule has 5 nitrogen and oxygen atoms in total. The molecule has 1 N–H and O–H groups in total. The highest BCUT2D eigenvalue weighted by Gasteiger charge is 2.15. The Morgan fingerprint density at radius 2 is 2.32 bits per heavy atom. The molecule has 1 fully saturated rings. The van der Waals surface area contributed by atoms with Crippen LogP contribution in [0.1, 0.15) is 12.8 Å². The number of rotatable bonds is 7. The van der Waals surface area contributed by atoms with Crippen molar-refractivity contribution >= 4 is 32.7 Å². The average molecular weight is 366 g/mol. The lowest BCUT2D eigenvalue weighted by atomic mass is 10.1. The Morgan fingerprint density at radius 3 is 3.18 bits per heavy atom. The minimum Gasteiger partial charge on any atom is -0.381 e. The molecule has 2 aromatic rings. The van der Waals surface area contributed by atoms with Gasteiger partial charge in [0.25, 0.3) is 0 Å². The van der Waals surface area contributed by atoms with E-state index in [1.807, 2.05) is 18.2 Å². The normalized spacial score (nSPS) is 18.0. The van der Waals surface area contributed by atoms with Gasteiger partial charge in [-0.3, -0.25) is 0 Å². The van der Waals surface area contributed by atoms with E-state index in [0.29, 0.717) is 5.92 Å². The fourth-order valence-electron chi connectivity index (χ4n) is 2.52. The highest BCUT2D eigenvalue weighted by atomic mass is 79.9. The lowest BCUT2D eigenvalue weighted by molar-refractivity contribution is 0.0897. The van der Waals surface area contributed by atoms with Crippen LogP contribution in [0.2, 0.25) is 0 Å². The van der Waals surface area contributed by atoms with Crippen molar-refractivity contribution in [2.45, 2.75) is 12.8 Å². The number of hydrogen-bond donors (Lipinski definition) is 1. The molecule has 6 heteroatoms. The molecule has 1 unspecified atom stereocenters. The van der Waals surface area contributed by atoms with Gasteiger partial charge in [-0.2, -0.15) is 0 Å². The number of aromatic nitrogens is 2. The summed E-state index contributed by atoms with van der Waals surface area (Å²) in [4.78, 5) is 8.60.